The molecule has 130 valence electrons. The largest absolute Gasteiger partial charge is 0.478 e. The van der Waals surface area contributed by atoms with E-state index < -0.39 is 5.97 Å². The Kier molecular flexibility index (Phi) is 4.78. The van der Waals surface area contributed by atoms with Crippen molar-refractivity contribution in [3.05, 3.63) is 41.7 Å². The number of para-hydroxylation sites is 1. The summed E-state index contributed by atoms with van der Waals surface area (Å²) in [6, 6.07) is 8.48. The van der Waals surface area contributed by atoms with E-state index >= 15 is 0 Å². The third-order valence-electron chi connectivity index (χ3n) is 4.03. The number of anilines is 3. The van der Waals surface area contributed by atoms with Crippen molar-refractivity contribution >= 4 is 29.7 Å². The van der Waals surface area contributed by atoms with Gasteiger partial charge in [-0.3, -0.25) is 4.79 Å². The monoisotopic (exact) mass is 341 g/mol. The maximum absolute atomic E-state index is 11.3. The average molecular weight is 341 g/mol. The van der Waals surface area contributed by atoms with Gasteiger partial charge in [-0.05, 0) is 19.1 Å². The van der Waals surface area contributed by atoms with Gasteiger partial charge in [0, 0.05) is 32.2 Å². The zero-order valence-electron chi connectivity index (χ0n) is 13.8. The van der Waals surface area contributed by atoms with Gasteiger partial charge >= 0.3 is 5.97 Å². The van der Waals surface area contributed by atoms with E-state index in [0.717, 1.165) is 12.2 Å². The molecule has 1 aliphatic rings. The molecule has 1 saturated heterocycles. The second-order valence-corrected chi connectivity index (χ2v) is 5.76. The molecule has 1 fully saturated rings. The highest BCUT2D eigenvalue weighted by molar-refractivity contribution is 5.95. The van der Waals surface area contributed by atoms with E-state index in [1.165, 1.54) is 6.07 Å². The van der Waals surface area contributed by atoms with Gasteiger partial charge in [0.25, 0.3) is 0 Å². The highest BCUT2D eigenvalue weighted by atomic mass is 16.4. The predicted octanol–water partition coefficient (Wildman–Crippen LogP) is 1.51. The minimum absolute atomic E-state index is 0.180. The fourth-order valence-corrected chi connectivity index (χ4v) is 2.75. The van der Waals surface area contributed by atoms with Gasteiger partial charge in [0.05, 0.1) is 11.3 Å². The van der Waals surface area contributed by atoms with Crippen molar-refractivity contribution in [2.45, 2.75) is 6.92 Å². The molecule has 1 aliphatic heterocycles. The summed E-state index contributed by atoms with van der Waals surface area (Å²) in [5.41, 5.74) is 0.657. The fraction of sp³-hybridized carbons (Fsp3) is 0.294. The first-order valence-electron chi connectivity index (χ1n) is 7.96. The first-order valence-corrected chi connectivity index (χ1v) is 7.96. The highest BCUT2D eigenvalue weighted by Crippen LogP contribution is 2.23. The van der Waals surface area contributed by atoms with Gasteiger partial charge in [-0.1, -0.05) is 12.1 Å². The van der Waals surface area contributed by atoms with Crippen LogP contribution in [-0.4, -0.2) is 58.5 Å². The SMILES string of the molecule is Cc1nc(Nc2ccccc2C(=O)O)cc(N2CCN(C=O)CC2)n1. The molecule has 0 aliphatic carbocycles. The molecule has 0 bridgehead atoms. The number of amides is 1. The minimum Gasteiger partial charge on any atom is -0.478 e. The molecule has 2 heterocycles. The van der Waals surface area contributed by atoms with Crippen LogP contribution in [0.5, 0.6) is 0 Å². The minimum atomic E-state index is -1.00. The molecule has 25 heavy (non-hydrogen) atoms. The molecular weight excluding hydrogens is 322 g/mol. The van der Waals surface area contributed by atoms with Crippen LogP contribution in [-0.2, 0) is 4.79 Å². The van der Waals surface area contributed by atoms with Gasteiger partial charge in [0.15, 0.2) is 0 Å². The quantitative estimate of drug-likeness (QED) is 0.795. The standard InChI is InChI=1S/C17H19N5O3/c1-12-18-15(20-14-5-3-2-4-13(14)17(24)25)10-16(19-12)22-8-6-21(11-23)7-9-22/h2-5,10-11H,6-9H2,1H3,(H,24,25)(H,18,19,20). The van der Waals surface area contributed by atoms with Gasteiger partial charge in [-0.25, -0.2) is 14.8 Å². The smallest absolute Gasteiger partial charge is 0.337 e. The van der Waals surface area contributed by atoms with Crippen LogP contribution in [0.4, 0.5) is 17.3 Å². The maximum atomic E-state index is 11.3. The number of carbonyl (C=O) groups is 2. The Labute approximate surface area is 145 Å². The molecule has 0 unspecified atom stereocenters. The Morgan fingerprint density at radius 1 is 1.20 bits per heavy atom. The van der Waals surface area contributed by atoms with Crippen molar-refractivity contribution < 1.29 is 14.7 Å². The summed E-state index contributed by atoms with van der Waals surface area (Å²) in [7, 11) is 0. The van der Waals surface area contributed by atoms with Gasteiger partial charge in [0.2, 0.25) is 6.41 Å². The predicted molar refractivity (Wildman–Crippen MR) is 93.3 cm³/mol. The van der Waals surface area contributed by atoms with Crippen LogP contribution < -0.4 is 10.2 Å². The number of nitrogens with one attached hydrogen (secondary N) is 1. The Hall–Kier alpha value is -3.16. The van der Waals surface area contributed by atoms with Gasteiger partial charge in [-0.15, -0.1) is 0 Å². The van der Waals surface area contributed by atoms with E-state index in [1.54, 1.807) is 36.1 Å². The van der Waals surface area contributed by atoms with E-state index in [9.17, 15) is 14.7 Å². The van der Waals surface area contributed by atoms with Gasteiger partial charge in [0.1, 0.15) is 17.5 Å². The Balaban J connectivity index is 1.83. The molecule has 0 atom stereocenters. The first kappa shape index (κ1) is 16.7. The van der Waals surface area contributed by atoms with Crippen LogP contribution >= 0.6 is 0 Å². The van der Waals surface area contributed by atoms with Gasteiger partial charge in [-0.2, -0.15) is 0 Å². The second kappa shape index (κ2) is 7.16. The summed E-state index contributed by atoms with van der Waals surface area (Å²) < 4.78 is 0. The Morgan fingerprint density at radius 3 is 2.60 bits per heavy atom. The number of aromatic carboxylic acids is 1. The highest BCUT2D eigenvalue weighted by Gasteiger charge is 2.18. The topological polar surface area (TPSA) is 98.7 Å². The zero-order valence-corrected chi connectivity index (χ0v) is 13.8. The fourth-order valence-electron chi connectivity index (χ4n) is 2.75. The summed E-state index contributed by atoms with van der Waals surface area (Å²) in [6.45, 7) is 4.48. The Bertz CT molecular complexity index is 788. The van der Waals surface area contributed by atoms with Crippen LogP contribution in [0.3, 0.4) is 0 Å². The molecule has 1 amide bonds. The summed E-state index contributed by atoms with van der Waals surface area (Å²) in [5.74, 6) is 0.882. The lowest BCUT2D eigenvalue weighted by Gasteiger charge is -2.33. The van der Waals surface area contributed by atoms with Crippen LogP contribution in [0.2, 0.25) is 0 Å². The third-order valence-corrected chi connectivity index (χ3v) is 4.03. The number of carboxylic acid groups (broad SMARTS) is 1. The summed E-state index contributed by atoms with van der Waals surface area (Å²) in [6.07, 6.45) is 0.860. The number of carbonyl (C=O) groups excluding carboxylic acids is 1. The summed E-state index contributed by atoms with van der Waals surface area (Å²) in [4.78, 5) is 34.8. The van der Waals surface area contributed by atoms with E-state index in [0.29, 0.717) is 43.5 Å². The number of aromatic nitrogens is 2. The molecule has 1 aromatic carbocycles. The van der Waals surface area contributed by atoms with Crippen LogP contribution in [0.25, 0.3) is 0 Å². The molecule has 0 spiro atoms. The molecular formula is C17H19N5O3. The number of aryl methyl sites for hydroxylation is 1. The van der Waals surface area contributed by atoms with Crippen LogP contribution in [0, 0.1) is 6.92 Å². The molecule has 1 aromatic heterocycles. The van der Waals surface area contributed by atoms with Crippen molar-refractivity contribution in [3.63, 3.8) is 0 Å². The number of carboxylic acids is 1. The summed E-state index contributed by atoms with van der Waals surface area (Å²) in [5, 5.41) is 12.4. The molecule has 8 heteroatoms. The normalized spacial score (nSPS) is 14.3. The number of nitrogens with zero attached hydrogens (tertiary/aromatic N) is 4. The average Bonchev–Trinajstić information content (AvgIpc) is 2.61. The molecule has 2 N–H and O–H groups in total. The molecule has 2 aromatic rings. The maximum Gasteiger partial charge on any atom is 0.337 e. The lowest BCUT2D eigenvalue weighted by Crippen LogP contribution is -2.46. The van der Waals surface area contributed by atoms with E-state index in [4.69, 9.17) is 0 Å². The van der Waals surface area contributed by atoms with Gasteiger partial charge < -0.3 is 20.2 Å². The number of piperazine rings is 1. The molecule has 0 saturated carbocycles. The molecule has 3 rings (SSSR count). The van der Waals surface area contributed by atoms with E-state index in [2.05, 4.69) is 20.2 Å². The first-order chi connectivity index (χ1) is 12.1. The van der Waals surface area contributed by atoms with E-state index in [-0.39, 0.29) is 5.56 Å². The zero-order chi connectivity index (χ0) is 17.8. The second-order valence-electron chi connectivity index (χ2n) is 5.76. The number of hydrogen-bond donors (Lipinski definition) is 2. The van der Waals surface area contributed by atoms with E-state index in [1.807, 2.05) is 0 Å². The summed E-state index contributed by atoms with van der Waals surface area (Å²) >= 11 is 0. The lowest BCUT2D eigenvalue weighted by molar-refractivity contribution is -0.118. The molecule has 8 nitrogen and oxygen atoms in total. The van der Waals surface area contributed by atoms with Crippen molar-refractivity contribution in [1.82, 2.24) is 14.9 Å². The van der Waals surface area contributed by atoms with Crippen molar-refractivity contribution in [3.8, 4) is 0 Å². The number of rotatable bonds is 5. The lowest BCUT2D eigenvalue weighted by atomic mass is 10.2. The number of benzene rings is 1. The van der Waals surface area contributed by atoms with Crippen molar-refractivity contribution in [1.29, 1.82) is 0 Å². The van der Waals surface area contributed by atoms with Crippen LogP contribution in [0.15, 0.2) is 30.3 Å². The third kappa shape index (κ3) is 3.85. The van der Waals surface area contributed by atoms with Crippen LogP contribution in [0.1, 0.15) is 16.2 Å². The number of hydrogen-bond acceptors (Lipinski definition) is 6. The Morgan fingerprint density at radius 2 is 1.92 bits per heavy atom. The van der Waals surface area contributed by atoms with Crippen molar-refractivity contribution in [2.24, 2.45) is 0 Å². The van der Waals surface area contributed by atoms with Crippen molar-refractivity contribution in [2.75, 3.05) is 36.4 Å². The molecule has 0 radical (unpaired) electrons.